The second kappa shape index (κ2) is 4.52. The third-order valence-corrected chi connectivity index (χ3v) is 5.73. The van der Waals surface area contributed by atoms with Gasteiger partial charge >= 0.3 is 0 Å². The second-order valence-electron chi connectivity index (χ2n) is 6.88. The van der Waals surface area contributed by atoms with Crippen molar-refractivity contribution < 1.29 is 5.11 Å². The Morgan fingerprint density at radius 1 is 0.947 bits per heavy atom. The summed E-state index contributed by atoms with van der Waals surface area (Å²) in [5.41, 5.74) is 3.47. The number of aliphatic hydroxyl groups is 1. The summed E-state index contributed by atoms with van der Waals surface area (Å²) in [7, 11) is 4.17. The Morgan fingerprint density at radius 2 is 1.47 bits per heavy atom. The van der Waals surface area contributed by atoms with Gasteiger partial charge in [0.05, 0.1) is 0 Å². The highest BCUT2D eigenvalue weighted by Crippen LogP contribution is 2.57. The summed E-state index contributed by atoms with van der Waals surface area (Å²) in [6, 6.07) is 9.14. The third kappa shape index (κ3) is 2.06. The van der Waals surface area contributed by atoms with Crippen LogP contribution in [0.5, 0.6) is 0 Å². The summed E-state index contributed by atoms with van der Waals surface area (Å²) in [5.74, 6) is 0. The standard InChI is InChI=1S/C17H25NO/c1-18(2)15-5-3-14(4-6-15)17-10-7-16(13-19,8-11-17)9-12-17/h3-6,19H,7-13H2,1-2H3. The molecule has 2 heteroatoms. The first-order chi connectivity index (χ1) is 9.09. The first kappa shape index (κ1) is 13.0. The van der Waals surface area contributed by atoms with Gasteiger partial charge in [-0.15, -0.1) is 0 Å². The molecular weight excluding hydrogens is 234 g/mol. The van der Waals surface area contributed by atoms with Crippen LogP contribution in [0.25, 0.3) is 0 Å². The molecule has 1 aromatic carbocycles. The molecule has 0 amide bonds. The molecule has 1 aromatic rings. The van der Waals surface area contributed by atoms with Crippen LogP contribution in [0.4, 0.5) is 5.69 Å². The van der Waals surface area contributed by atoms with E-state index in [0.717, 1.165) is 0 Å². The monoisotopic (exact) mass is 259 g/mol. The minimum atomic E-state index is 0.269. The molecule has 3 saturated carbocycles. The fourth-order valence-electron chi connectivity index (χ4n) is 4.05. The number of nitrogens with zero attached hydrogens (tertiary/aromatic N) is 1. The van der Waals surface area contributed by atoms with E-state index in [4.69, 9.17) is 0 Å². The van der Waals surface area contributed by atoms with E-state index < -0.39 is 0 Å². The van der Waals surface area contributed by atoms with E-state index in [-0.39, 0.29) is 5.41 Å². The Morgan fingerprint density at radius 3 is 1.89 bits per heavy atom. The minimum Gasteiger partial charge on any atom is -0.396 e. The molecule has 0 aromatic heterocycles. The van der Waals surface area contributed by atoms with Gasteiger partial charge in [-0.2, -0.15) is 0 Å². The minimum absolute atomic E-state index is 0.269. The van der Waals surface area contributed by atoms with Gasteiger partial charge in [-0.3, -0.25) is 0 Å². The SMILES string of the molecule is CN(C)c1ccc(C23CCC(CO)(CC2)CC3)cc1. The third-order valence-electron chi connectivity index (χ3n) is 5.73. The van der Waals surface area contributed by atoms with Crippen LogP contribution < -0.4 is 4.90 Å². The molecule has 2 nitrogen and oxygen atoms in total. The lowest BCUT2D eigenvalue weighted by molar-refractivity contribution is -0.00687. The summed E-state index contributed by atoms with van der Waals surface area (Å²) < 4.78 is 0. The van der Waals surface area contributed by atoms with Crippen molar-refractivity contribution in [3.05, 3.63) is 29.8 Å². The quantitative estimate of drug-likeness (QED) is 0.900. The summed E-state index contributed by atoms with van der Waals surface area (Å²) >= 11 is 0. The van der Waals surface area contributed by atoms with Gasteiger partial charge in [0.15, 0.2) is 0 Å². The van der Waals surface area contributed by atoms with Gasteiger partial charge in [-0.25, -0.2) is 0 Å². The van der Waals surface area contributed by atoms with Crippen LogP contribution in [0.3, 0.4) is 0 Å². The smallest absolute Gasteiger partial charge is 0.0487 e. The van der Waals surface area contributed by atoms with E-state index in [0.29, 0.717) is 12.0 Å². The topological polar surface area (TPSA) is 23.5 Å². The second-order valence-corrected chi connectivity index (χ2v) is 6.88. The van der Waals surface area contributed by atoms with Crippen molar-refractivity contribution in [1.29, 1.82) is 0 Å². The maximum Gasteiger partial charge on any atom is 0.0487 e. The molecule has 0 spiro atoms. The normalized spacial score (nSPS) is 33.4. The van der Waals surface area contributed by atoms with Crippen LogP contribution in [0.1, 0.15) is 44.1 Å². The van der Waals surface area contributed by atoms with E-state index in [1.807, 2.05) is 0 Å². The fourth-order valence-corrected chi connectivity index (χ4v) is 4.05. The van der Waals surface area contributed by atoms with Gasteiger partial charge in [0.25, 0.3) is 0 Å². The maximum atomic E-state index is 9.61. The number of anilines is 1. The number of fused-ring (bicyclic) bond motifs is 3. The van der Waals surface area contributed by atoms with Crippen molar-refractivity contribution >= 4 is 5.69 Å². The lowest BCUT2D eigenvalue weighted by Crippen LogP contribution is -2.45. The van der Waals surface area contributed by atoms with Gasteiger partial charge < -0.3 is 10.0 Å². The maximum absolute atomic E-state index is 9.61. The molecule has 0 unspecified atom stereocenters. The molecule has 1 N–H and O–H groups in total. The van der Waals surface area contributed by atoms with Crippen LogP contribution in [-0.4, -0.2) is 25.8 Å². The first-order valence-corrected chi connectivity index (χ1v) is 7.48. The highest BCUT2D eigenvalue weighted by atomic mass is 16.3. The van der Waals surface area contributed by atoms with Crippen LogP contribution >= 0.6 is 0 Å². The van der Waals surface area contributed by atoms with Crippen LogP contribution in [-0.2, 0) is 5.41 Å². The molecule has 3 aliphatic carbocycles. The molecule has 0 heterocycles. The van der Waals surface area contributed by atoms with Crippen molar-refractivity contribution in [1.82, 2.24) is 0 Å². The van der Waals surface area contributed by atoms with Crippen LogP contribution in [0, 0.1) is 5.41 Å². The Bertz CT molecular complexity index is 424. The predicted octanol–water partition coefficient (Wildman–Crippen LogP) is 3.34. The Balaban J connectivity index is 1.83. The highest BCUT2D eigenvalue weighted by Gasteiger charge is 2.48. The van der Waals surface area contributed by atoms with E-state index in [2.05, 4.69) is 43.3 Å². The van der Waals surface area contributed by atoms with Gasteiger partial charge in [-0.05, 0) is 67.1 Å². The number of rotatable bonds is 3. The summed E-state index contributed by atoms with van der Waals surface area (Å²) in [5, 5.41) is 9.61. The zero-order chi connectivity index (χ0) is 13.5. The van der Waals surface area contributed by atoms with Crippen LogP contribution in [0.15, 0.2) is 24.3 Å². The fraction of sp³-hybridized carbons (Fsp3) is 0.647. The molecule has 4 rings (SSSR count). The molecule has 0 saturated heterocycles. The van der Waals surface area contributed by atoms with Gasteiger partial charge in [0, 0.05) is 26.4 Å². The molecule has 0 atom stereocenters. The molecule has 0 aliphatic heterocycles. The van der Waals surface area contributed by atoms with E-state index >= 15 is 0 Å². The predicted molar refractivity (Wildman–Crippen MR) is 79.7 cm³/mol. The summed E-state index contributed by atoms with van der Waals surface area (Å²) in [4.78, 5) is 2.15. The lowest BCUT2D eigenvalue weighted by Gasteiger charge is -2.53. The van der Waals surface area contributed by atoms with Crippen molar-refractivity contribution in [2.24, 2.45) is 5.41 Å². The van der Waals surface area contributed by atoms with Gasteiger partial charge in [0.1, 0.15) is 0 Å². The summed E-state index contributed by atoms with van der Waals surface area (Å²) in [6.45, 7) is 0.392. The van der Waals surface area contributed by atoms with Gasteiger partial charge in [0.2, 0.25) is 0 Å². The van der Waals surface area contributed by atoms with Crippen molar-refractivity contribution in [3.8, 4) is 0 Å². The molecule has 104 valence electrons. The number of aliphatic hydroxyl groups excluding tert-OH is 1. The first-order valence-electron chi connectivity index (χ1n) is 7.48. The lowest BCUT2D eigenvalue weighted by atomic mass is 9.52. The van der Waals surface area contributed by atoms with Crippen molar-refractivity contribution in [2.75, 3.05) is 25.6 Å². The Kier molecular flexibility index (Phi) is 3.09. The van der Waals surface area contributed by atoms with Crippen molar-refractivity contribution in [3.63, 3.8) is 0 Å². The highest BCUT2D eigenvalue weighted by molar-refractivity contribution is 5.47. The average Bonchev–Trinajstić information content (AvgIpc) is 2.49. The molecule has 19 heavy (non-hydrogen) atoms. The van der Waals surface area contributed by atoms with E-state index in [9.17, 15) is 5.11 Å². The molecular formula is C17H25NO. The zero-order valence-corrected chi connectivity index (χ0v) is 12.2. The number of hydrogen-bond acceptors (Lipinski definition) is 2. The molecule has 3 aliphatic rings. The Labute approximate surface area is 116 Å². The molecule has 0 radical (unpaired) electrons. The summed E-state index contributed by atoms with van der Waals surface area (Å²) in [6.07, 6.45) is 7.40. The van der Waals surface area contributed by atoms with Crippen LogP contribution in [0.2, 0.25) is 0 Å². The number of benzene rings is 1. The number of hydrogen-bond donors (Lipinski definition) is 1. The Hall–Kier alpha value is -1.02. The van der Waals surface area contributed by atoms with E-state index in [1.54, 1.807) is 0 Å². The van der Waals surface area contributed by atoms with E-state index in [1.165, 1.54) is 49.8 Å². The largest absolute Gasteiger partial charge is 0.396 e. The van der Waals surface area contributed by atoms with Crippen molar-refractivity contribution in [2.45, 2.75) is 43.9 Å². The molecule has 2 bridgehead atoms. The average molecular weight is 259 g/mol. The zero-order valence-electron chi connectivity index (χ0n) is 12.2. The molecule has 3 fully saturated rings. The van der Waals surface area contributed by atoms with Gasteiger partial charge in [-0.1, -0.05) is 12.1 Å².